The molecule has 2 heterocycles. The normalized spacial score (nSPS) is 16.7. The monoisotopic (exact) mass is 487 g/mol. The van der Waals surface area contributed by atoms with E-state index in [9.17, 15) is 9.18 Å². The lowest BCUT2D eigenvalue weighted by Crippen LogP contribution is -2.37. The predicted octanol–water partition coefficient (Wildman–Crippen LogP) is 4.66. The first-order valence-corrected chi connectivity index (χ1v) is 12.0. The summed E-state index contributed by atoms with van der Waals surface area (Å²) in [5.74, 6) is -0.244. The van der Waals surface area contributed by atoms with Crippen LogP contribution in [0.25, 0.3) is 22.5 Å². The molecule has 4 aromatic rings. The van der Waals surface area contributed by atoms with Crippen LogP contribution in [-0.2, 0) is 6.54 Å². The second-order valence-electron chi connectivity index (χ2n) is 7.91. The fraction of sp³-hybridized carbons (Fsp3) is 0.160. The van der Waals surface area contributed by atoms with Crippen LogP contribution in [-0.4, -0.2) is 42.1 Å². The van der Waals surface area contributed by atoms with Crippen molar-refractivity contribution in [3.05, 3.63) is 89.7 Å². The van der Waals surface area contributed by atoms with Gasteiger partial charge in [-0.2, -0.15) is 10.2 Å². The number of halogens is 1. The highest BCUT2D eigenvalue weighted by Gasteiger charge is 2.28. The van der Waals surface area contributed by atoms with Crippen LogP contribution in [0, 0.1) is 5.82 Å². The molecule has 0 bridgehead atoms. The zero-order valence-electron chi connectivity index (χ0n) is 18.9. The van der Waals surface area contributed by atoms with Crippen LogP contribution in [0.5, 0.6) is 0 Å². The van der Waals surface area contributed by atoms with Gasteiger partial charge >= 0.3 is 0 Å². The summed E-state index contributed by atoms with van der Waals surface area (Å²) in [6.07, 6.45) is 0.872. The van der Waals surface area contributed by atoms with Crippen molar-refractivity contribution in [2.24, 2.45) is 4.99 Å². The smallest absolute Gasteiger partial charge is 0.279 e. The quantitative estimate of drug-likeness (QED) is 0.408. The van der Waals surface area contributed by atoms with Gasteiger partial charge in [-0.05, 0) is 52.6 Å². The Morgan fingerprint density at radius 1 is 1.06 bits per heavy atom. The summed E-state index contributed by atoms with van der Waals surface area (Å²) < 4.78 is 13.2. The summed E-state index contributed by atoms with van der Waals surface area (Å²) in [6.45, 7) is 2.61. The topological polar surface area (TPSA) is 99.2 Å². The number of carbonyl (C=O) groups is 1. The van der Waals surface area contributed by atoms with E-state index in [0.29, 0.717) is 23.1 Å². The summed E-state index contributed by atoms with van der Waals surface area (Å²) in [6, 6.07) is 21.5. The van der Waals surface area contributed by atoms with Gasteiger partial charge in [0, 0.05) is 11.1 Å². The molecule has 2 N–H and O–H groups in total. The molecule has 0 saturated carbocycles. The number of nitrogens with one attached hydrogen (secondary N) is 2. The van der Waals surface area contributed by atoms with Crippen molar-refractivity contribution >= 4 is 22.8 Å². The number of aromatic nitrogens is 4. The van der Waals surface area contributed by atoms with Gasteiger partial charge in [-0.15, -0.1) is 10.2 Å². The van der Waals surface area contributed by atoms with E-state index in [0.717, 1.165) is 28.7 Å². The van der Waals surface area contributed by atoms with Crippen LogP contribution < -0.4 is 5.43 Å². The van der Waals surface area contributed by atoms with Gasteiger partial charge < -0.3 is 0 Å². The van der Waals surface area contributed by atoms with E-state index in [1.54, 1.807) is 0 Å². The van der Waals surface area contributed by atoms with Crippen molar-refractivity contribution in [3.8, 4) is 22.5 Å². The van der Waals surface area contributed by atoms with Crippen LogP contribution in [0.2, 0.25) is 0 Å². The third-order valence-corrected chi connectivity index (χ3v) is 6.80. The summed E-state index contributed by atoms with van der Waals surface area (Å²) in [5, 5.41) is 17.0. The number of hydrogen-bond acceptors (Lipinski definition) is 6. The summed E-state index contributed by atoms with van der Waals surface area (Å²) in [7, 11) is 0. The lowest BCUT2D eigenvalue weighted by atomic mass is 9.98. The van der Waals surface area contributed by atoms with Gasteiger partial charge in [-0.3, -0.25) is 9.80 Å². The molecule has 1 saturated heterocycles. The van der Waals surface area contributed by atoms with E-state index >= 15 is 0 Å². The molecular formula is C25H22FN7OS. The van der Waals surface area contributed by atoms with Crippen molar-refractivity contribution in [1.82, 2.24) is 31.1 Å². The lowest BCUT2D eigenvalue weighted by Gasteiger charge is -2.19. The van der Waals surface area contributed by atoms with E-state index in [2.05, 4.69) is 50.1 Å². The number of aromatic amines is 1. The fourth-order valence-electron chi connectivity index (χ4n) is 3.74. The molecule has 1 atom stereocenters. The Labute approximate surface area is 205 Å². The van der Waals surface area contributed by atoms with E-state index in [1.807, 2.05) is 41.4 Å². The van der Waals surface area contributed by atoms with Gasteiger partial charge in [0.1, 0.15) is 5.82 Å². The summed E-state index contributed by atoms with van der Waals surface area (Å²) in [5.41, 5.74) is 7.74. The largest absolute Gasteiger partial charge is 0.281 e. The van der Waals surface area contributed by atoms with Crippen molar-refractivity contribution < 1.29 is 9.18 Å². The number of nitrogens with zero attached hydrogens (tertiary/aromatic N) is 5. The Balaban J connectivity index is 1.35. The Morgan fingerprint density at radius 3 is 2.49 bits per heavy atom. The van der Waals surface area contributed by atoms with Gasteiger partial charge in [-0.1, -0.05) is 67.2 Å². The average molecular weight is 488 g/mol. The molecule has 1 aliphatic rings. The number of thioether (sulfide) groups is 1. The minimum atomic E-state index is -0.399. The number of H-pyrrole nitrogens is 1. The zero-order chi connectivity index (χ0) is 24.2. The first-order valence-electron chi connectivity index (χ1n) is 11.1. The molecular weight excluding hydrogens is 465 g/mol. The number of tetrazole rings is 1. The fourth-order valence-corrected chi connectivity index (χ4v) is 4.72. The third-order valence-electron chi connectivity index (χ3n) is 5.56. The van der Waals surface area contributed by atoms with Crippen LogP contribution in [0.4, 0.5) is 4.39 Å². The molecule has 1 aromatic heterocycles. The molecule has 176 valence electrons. The molecule has 1 amide bonds. The number of amides is 1. The average Bonchev–Trinajstić information content (AvgIpc) is 3.55. The Kier molecular flexibility index (Phi) is 6.64. The molecule has 5 rings (SSSR count). The maximum absolute atomic E-state index is 13.2. The standard InChI is InChI=1S/C25H22FN7OS/c1-2-22-30-33(25(35-22)27-24(34)18-11-13-19(26)14-12-18)15-16-7-9-17(10-8-16)20-5-3-4-6-21(20)23-28-31-32-29-23/h3-14,22,30H,2,15H2,1H3,(H,28,29,31,32). The highest BCUT2D eigenvalue weighted by atomic mass is 32.2. The Morgan fingerprint density at radius 2 is 1.80 bits per heavy atom. The van der Waals surface area contributed by atoms with Gasteiger partial charge in [0.05, 0.1) is 11.9 Å². The number of rotatable bonds is 6. The van der Waals surface area contributed by atoms with Crippen LogP contribution in [0.1, 0.15) is 29.3 Å². The van der Waals surface area contributed by atoms with Crippen molar-refractivity contribution in [2.75, 3.05) is 0 Å². The number of amidine groups is 1. The highest BCUT2D eigenvalue weighted by Crippen LogP contribution is 2.31. The number of hydrogen-bond donors (Lipinski definition) is 2. The molecule has 1 aliphatic heterocycles. The maximum Gasteiger partial charge on any atom is 0.279 e. The lowest BCUT2D eigenvalue weighted by molar-refractivity contribution is 0.100. The predicted molar refractivity (Wildman–Crippen MR) is 134 cm³/mol. The first kappa shape index (κ1) is 22.9. The van der Waals surface area contributed by atoms with Crippen molar-refractivity contribution in [3.63, 3.8) is 0 Å². The van der Waals surface area contributed by atoms with E-state index in [4.69, 9.17) is 0 Å². The molecule has 35 heavy (non-hydrogen) atoms. The highest BCUT2D eigenvalue weighted by molar-refractivity contribution is 8.14. The SMILES string of the molecule is CCC1NN(Cc2ccc(-c3ccccc3-c3nn[nH]n3)cc2)C(=NC(=O)c2ccc(F)cc2)S1. The van der Waals surface area contributed by atoms with Crippen LogP contribution >= 0.6 is 11.8 Å². The molecule has 3 aromatic carbocycles. The molecule has 1 unspecified atom stereocenters. The Hall–Kier alpha value is -3.89. The second-order valence-corrected chi connectivity index (χ2v) is 9.08. The molecule has 0 aliphatic carbocycles. The molecule has 0 radical (unpaired) electrons. The van der Waals surface area contributed by atoms with Crippen molar-refractivity contribution in [1.29, 1.82) is 0 Å². The maximum atomic E-state index is 13.2. The van der Waals surface area contributed by atoms with E-state index in [1.165, 1.54) is 36.0 Å². The van der Waals surface area contributed by atoms with E-state index in [-0.39, 0.29) is 11.2 Å². The molecule has 8 nitrogen and oxygen atoms in total. The molecule has 0 spiro atoms. The van der Waals surface area contributed by atoms with Crippen molar-refractivity contribution in [2.45, 2.75) is 25.3 Å². The number of aliphatic imine (C=N–C) groups is 1. The zero-order valence-corrected chi connectivity index (χ0v) is 19.7. The number of benzene rings is 3. The third kappa shape index (κ3) is 5.13. The van der Waals surface area contributed by atoms with Gasteiger partial charge in [0.25, 0.3) is 5.91 Å². The van der Waals surface area contributed by atoms with E-state index < -0.39 is 5.91 Å². The second kappa shape index (κ2) is 10.2. The van der Waals surface area contributed by atoms with Crippen LogP contribution in [0.3, 0.4) is 0 Å². The molecule has 1 fully saturated rings. The summed E-state index contributed by atoms with van der Waals surface area (Å²) >= 11 is 1.51. The minimum absolute atomic E-state index is 0.121. The first-order chi connectivity index (χ1) is 17.1. The number of hydrazine groups is 1. The molecule has 10 heteroatoms. The number of carbonyl (C=O) groups excluding carboxylic acids is 1. The van der Waals surface area contributed by atoms with Gasteiger partial charge in [0.15, 0.2) is 5.17 Å². The summed E-state index contributed by atoms with van der Waals surface area (Å²) in [4.78, 5) is 17.0. The van der Waals surface area contributed by atoms with Crippen LogP contribution in [0.15, 0.2) is 77.8 Å². The minimum Gasteiger partial charge on any atom is -0.281 e. The van der Waals surface area contributed by atoms with Gasteiger partial charge in [-0.25, -0.2) is 9.82 Å². The Bertz CT molecular complexity index is 1340. The van der Waals surface area contributed by atoms with Gasteiger partial charge in [0.2, 0.25) is 5.82 Å².